The molecule has 1 aliphatic rings. The molecule has 0 spiro atoms. The SMILES string of the molecule is COC(=O)c1ccc([C@]2(C)N[C@H](c3ccccc3)COC2=O)cc1. The summed E-state index contributed by atoms with van der Waals surface area (Å²) in [5, 5.41) is 3.38. The molecule has 1 heterocycles. The minimum Gasteiger partial charge on any atom is -0.465 e. The van der Waals surface area contributed by atoms with Crippen molar-refractivity contribution < 1.29 is 19.1 Å². The van der Waals surface area contributed by atoms with Crippen LogP contribution in [-0.2, 0) is 19.8 Å². The lowest BCUT2D eigenvalue weighted by atomic mass is 9.88. The average Bonchev–Trinajstić information content (AvgIpc) is 2.64. The van der Waals surface area contributed by atoms with Crippen molar-refractivity contribution in [3.63, 3.8) is 0 Å². The fourth-order valence-electron chi connectivity index (χ4n) is 2.88. The second kappa shape index (κ2) is 6.45. The quantitative estimate of drug-likeness (QED) is 0.879. The molecule has 1 fully saturated rings. The molecule has 5 heteroatoms. The topological polar surface area (TPSA) is 64.6 Å². The maximum Gasteiger partial charge on any atom is 0.337 e. The molecule has 5 nitrogen and oxygen atoms in total. The van der Waals surface area contributed by atoms with Crippen molar-refractivity contribution in [1.29, 1.82) is 0 Å². The van der Waals surface area contributed by atoms with E-state index in [9.17, 15) is 9.59 Å². The fourth-order valence-corrected chi connectivity index (χ4v) is 2.88. The summed E-state index contributed by atoms with van der Waals surface area (Å²) in [6.45, 7) is 2.08. The van der Waals surface area contributed by atoms with E-state index in [1.807, 2.05) is 30.3 Å². The Hall–Kier alpha value is -2.66. The summed E-state index contributed by atoms with van der Waals surface area (Å²) in [6.07, 6.45) is 0. The van der Waals surface area contributed by atoms with Gasteiger partial charge in [-0.1, -0.05) is 42.5 Å². The van der Waals surface area contributed by atoms with Crippen LogP contribution < -0.4 is 5.32 Å². The van der Waals surface area contributed by atoms with Crippen LogP contribution in [0, 0.1) is 0 Å². The number of carbonyl (C=O) groups is 2. The Morgan fingerprint density at radius 1 is 1.17 bits per heavy atom. The highest BCUT2D eigenvalue weighted by atomic mass is 16.5. The standard InChI is InChI=1S/C19H19NO4/c1-19(15-10-8-14(9-11-15)17(21)23-2)18(22)24-12-16(20-19)13-6-4-3-5-7-13/h3-11,16,20H,12H2,1-2H3/t16-,19-/m0/s1. The second-order valence-corrected chi connectivity index (χ2v) is 5.90. The number of rotatable bonds is 3. The maximum atomic E-state index is 12.4. The van der Waals surface area contributed by atoms with Gasteiger partial charge in [0.05, 0.1) is 18.7 Å². The zero-order valence-electron chi connectivity index (χ0n) is 13.6. The maximum absolute atomic E-state index is 12.4. The van der Waals surface area contributed by atoms with Gasteiger partial charge in [-0.25, -0.2) is 9.59 Å². The molecule has 0 amide bonds. The summed E-state index contributed by atoms with van der Waals surface area (Å²) in [6, 6.07) is 16.5. The van der Waals surface area contributed by atoms with Crippen molar-refractivity contribution in [2.75, 3.05) is 13.7 Å². The first-order valence-electron chi connectivity index (χ1n) is 7.73. The smallest absolute Gasteiger partial charge is 0.337 e. The molecular formula is C19H19NO4. The molecule has 1 N–H and O–H groups in total. The minimum absolute atomic E-state index is 0.0887. The molecule has 0 unspecified atom stereocenters. The zero-order chi connectivity index (χ0) is 17.2. The van der Waals surface area contributed by atoms with Crippen LogP contribution >= 0.6 is 0 Å². The summed E-state index contributed by atoms with van der Waals surface area (Å²) in [5.41, 5.74) is 1.25. The van der Waals surface area contributed by atoms with E-state index in [2.05, 4.69) is 5.32 Å². The van der Waals surface area contributed by atoms with Gasteiger partial charge in [-0.2, -0.15) is 0 Å². The number of hydrogen-bond acceptors (Lipinski definition) is 5. The third kappa shape index (κ3) is 2.90. The molecule has 2 atom stereocenters. The van der Waals surface area contributed by atoms with E-state index in [1.54, 1.807) is 31.2 Å². The van der Waals surface area contributed by atoms with Crippen LogP contribution in [0.15, 0.2) is 54.6 Å². The van der Waals surface area contributed by atoms with Crippen LogP contribution in [0.4, 0.5) is 0 Å². The Balaban J connectivity index is 1.89. The summed E-state index contributed by atoms with van der Waals surface area (Å²) < 4.78 is 10.1. The van der Waals surface area contributed by atoms with Crippen LogP contribution in [0.3, 0.4) is 0 Å². The van der Waals surface area contributed by atoms with Crippen LogP contribution in [-0.4, -0.2) is 25.7 Å². The van der Waals surface area contributed by atoms with E-state index < -0.39 is 11.5 Å². The number of morpholine rings is 1. The van der Waals surface area contributed by atoms with E-state index in [0.717, 1.165) is 11.1 Å². The third-order valence-electron chi connectivity index (χ3n) is 4.34. The molecule has 2 aromatic carbocycles. The highest BCUT2D eigenvalue weighted by Gasteiger charge is 2.43. The van der Waals surface area contributed by atoms with Gasteiger partial charge in [-0.3, -0.25) is 5.32 Å². The van der Waals surface area contributed by atoms with E-state index in [1.165, 1.54) is 7.11 Å². The lowest BCUT2D eigenvalue weighted by Crippen LogP contribution is -2.54. The number of nitrogens with one attached hydrogen (secondary N) is 1. The first-order valence-corrected chi connectivity index (χ1v) is 7.73. The Morgan fingerprint density at radius 3 is 2.46 bits per heavy atom. The summed E-state index contributed by atoms with van der Waals surface area (Å²) in [4.78, 5) is 23.9. The van der Waals surface area contributed by atoms with Gasteiger partial charge in [-0.05, 0) is 30.2 Å². The van der Waals surface area contributed by atoms with Crippen LogP contribution in [0.2, 0.25) is 0 Å². The monoisotopic (exact) mass is 325 g/mol. The van der Waals surface area contributed by atoms with Gasteiger partial charge in [0.1, 0.15) is 12.1 Å². The second-order valence-electron chi connectivity index (χ2n) is 5.90. The van der Waals surface area contributed by atoms with Gasteiger partial charge in [0.15, 0.2) is 0 Å². The van der Waals surface area contributed by atoms with Crippen LogP contribution in [0.25, 0.3) is 0 Å². The summed E-state index contributed by atoms with van der Waals surface area (Å²) >= 11 is 0. The minimum atomic E-state index is -0.979. The Bertz CT molecular complexity index is 742. The molecule has 0 saturated carbocycles. The van der Waals surface area contributed by atoms with Gasteiger partial charge < -0.3 is 9.47 Å². The van der Waals surface area contributed by atoms with Gasteiger partial charge in [-0.15, -0.1) is 0 Å². The van der Waals surface area contributed by atoms with Crippen molar-refractivity contribution in [1.82, 2.24) is 5.32 Å². The molecule has 1 saturated heterocycles. The number of cyclic esters (lactones) is 1. The fraction of sp³-hybridized carbons (Fsp3) is 0.263. The lowest BCUT2D eigenvalue weighted by molar-refractivity contribution is -0.158. The largest absolute Gasteiger partial charge is 0.465 e. The number of carbonyl (C=O) groups excluding carboxylic acids is 2. The summed E-state index contributed by atoms with van der Waals surface area (Å²) in [5.74, 6) is -0.742. The molecule has 24 heavy (non-hydrogen) atoms. The number of esters is 2. The van der Waals surface area contributed by atoms with Crippen molar-refractivity contribution in [2.24, 2.45) is 0 Å². The van der Waals surface area contributed by atoms with Crippen molar-refractivity contribution in [2.45, 2.75) is 18.5 Å². The van der Waals surface area contributed by atoms with E-state index in [4.69, 9.17) is 9.47 Å². The number of methoxy groups -OCH3 is 1. The predicted molar refractivity (Wildman–Crippen MR) is 88.4 cm³/mol. The highest BCUT2D eigenvalue weighted by molar-refractivity contribution is 5.90. The van der Waals surface area contributed by atoms with E-state index in [-0.39, 0.29) is 12.0 Å². The molecule has 1 aliphatic heterocycles. The molecule has 3 rings (SSSR count). The van der Waals surface area contributed by atoms with Crippen molar-refractivity contribution >= 4 is 11.9 Å². The third-order valence-corrected chi connectivity index (χ3v) is 4.34. The number of ether oxygens (including phenoxy) is 2. The van der Waals surface area contributed by atoms with Gasteiger partial charge >= 0.3 is 11.9 Å². The van der Waals surface area contributed by atoms with Gasteiger partial charge in [0, 0.05) is 0 Å². The average molecular weight is 325 g/mol. The molecule has 2 aromatic rings. The molecule has 124 valence electrons. The first-order chi connectivity index (χ1) is 11.5. The summed E-state index contributed by atoms with van der Waals surface area (Å²) in [7, 11) is 1.34. The van der Waals surface area contributed by atoms with E-state index in [0.29, 0.717) is 12.2 Å². The molecule has 0 bridgehead atoms. The normalized spacial score (nSPS) is 23.4. The Morgan fingerprint density at radius 2 is 1.83 bits per heavy atom. The predicted octanol–water partition coefficient (Wildman–Crippen LogP) is 2.58. The van der Waals surface area contributed by atoms with Crippen LogP contribution in [0.1, 0.15) is 34.5 Å². The molecule has 0 aliphatic carbocycles. The van der Waals surface area contributed by atoms with Gasteiger partial charge in [0.2, 0.25) is 0 Å². The van der Waals surface area contributed by atoms with Crippen molar-refractivity contribution in [3.05, 3.63) is 71.3 Å². The molecule has 0 radical (unpaired) electrons. The number of benzene rings is 2. The molecular weight excluding hydrogens is 306 g/mol. The Kier molecular flexibility index (Phi) is 4.36. The lowest BCUT2D eigenvalue weighted by Gasteiger charge is -2.38. The highest BCUT2D eigenvalue weighted by Crippen LogP contribution is 2.31. The molecule has 0 aromatic heterocycles. The van der Waals surface area contributed by atoms with E-state index >= 15 is 0 Å². The van der Waals surface area contributed by atoms with Crippen LogP contribution in [0.5, 0.6) is 0 Å². The number of hydrogen-bond donors (Lipinski definition) is 1. The first kappa shape index (κ1) is 16.2. The van der Waals surface area contributed by atoms with Crippen molar-refractivity contribution in [3.8, 4) is 0 Å². The van der Waals surface area contributed by atoms with Gasteiger partial charge in [0.25, 0.3) is 0 Å². The zero-order valence-corrected chi connectivity index (χ0v) is 13.6. The Labute approximate surface area is 140 Å².